The summed E-state index contributed by atoms with van der Waals surface area (Å²) in [6.07, 6.45) is 3.80. The molecule has 1 aliphatic rings. The van der Waals surface area contributed by atoms with Gasteiger partial charge in [0.15, 0.2) is 5.78 Å². The lowest BCUT2D eigenvalue weighted by Gasteiger charge is -2.43. The molecule has 0 bridgehead atoms. The van der Waals surface area contributed by atoms with E-state index in [0.29, 0.717) is 19.4 Å². The highest BCUT2D eigenvalue weighted by Crippen LogP contribution is 2.31. The van der Waals surface area contributed by atoms with Gasteiger partial charge in [-0.25, -0.2) is 13.2 Å². The molecule has 0 spiro atoms. The van der Waals surface area contributed by atoms with Gasteiger partial charge in [0.05, 0.1) is 18.0 Å². The highest BCUT2D eigenvalue weighted by molar-refractivity contribution is 7.89. The molecule has 0 saturated carbocycles. The Hall–Kier alpha value is -2.56. The van der Waals surface area contributed by atoms with Crippen LogP contribution in [0.25, 0.3) is 10.8 Å². The van der Waals surface area contributed by atoms with Crippen molar-refractivity contribution in [3.8, 4) is 0 Å². The van der Waals surface area contributed by atoms with E-state index in [9.17, 15) is 18.0 Å². The average Bonchev–Trinajstić information content (AvgIpc) is 2.74. The molecule has 0 unspecified atom stereocenters. The van der Waals surface area contributed by atoms with Crippen LogP contribution < -0.4 is 5.32 Å². The van der Waals surface area contributed by atoms with Crippen molar-refractivity contribution in [2.45, 2.75) is 56.6 Å². The van der Waals surface area contributed by atoms with Gasteiger partial charge >= 0.3 is 6.09 Å². The van der Waals surface area contributed by atoms with Gasteiger partial charge in [-0.3, -0.25) is 9.78 Å². The highest BCUT2D eigenvalue weighted by atomic mass is 32.2. The number of fused-ring (bicyclic) bond motifs is 1. The summed E-state index contributed by atoms with van der Waals surface area (Å²) in [6, 6.07) is 6.59. The number of ketones is 1. The second-order valence-corrected chi connectivity index (χ2v) is 11.7. The van der Waals surface area contributed by atoms with Crippen LogP contribution in [0.2, 0.25) is 0 Å². The fourth-order valence-electron chi connectivity index (χ4n) is 4.13. The zero-order chi connectivity index (χ0) is 25.1. The number of sulfonamides is 1. The van der Waals surface area contributed by atoms with Crippen molar-refractivity contribution < 1.29 is 22.7 Å². The molecule has 1 aliphatic heterocycles. The van der Waals surface area contributed by atoms with Gasteiger partial charge in [0, 0.05) is 30.9 Å². The summed E-state index contributed by atoms with van der Waals surface area (Å²) in [5.41, 5.74) is -2.19. The van der Waals surface area contributed by atoms with Gasteiger partial charge in [0.2, 0.25) is 10.0 Å². The maximum absolute atomic E-state index is 13.9. The van der Waals surface area contributed by atoms with E-state index in [1.54, 1.807) is 65.3 Å². The number of amides is 1. The molecule has 0 aliphatic carbocycles. The molecule has 186 valence electrons. The average molecular weight is 491 g/mol. The number of aromatic nitrogens is 1. The lowest BCUT2D eigenvalue weighted by Crippen LogP contribution is -2.64. The zero-order valence-corrected chi connectivity index (χ0v) is 21.3. The maximum atomic E-state index is 13.9. The van der Waals surface area contributed by atoms with Gasteiger partial charge in [0.25, 0.3) is 0 Å². The normalized spacial score (nSPS) is 20.6. The van der Waals surface area contributed by atoms with E-state index in [1.165, 1.54) is 15.3 Å². The first-order valence-corrected chi connectivity index (χ1v) is 12.8. The number of ether oxygens (including phenoxy) is 1. The predicted molar refractivity (Wildman–Crippen MR) is 130 cm³/mol. The number of benzene rings is 1. The number of hydrogen-bond acceptors (Lipinski definition) is 7. The zero-order valence-electron chi connectivity index (χ0n) is 20.5. The molecule has 1 aromatic carbocycles. The van der Waals surface area contributed by atoms with Gasteiger partial charge in [0.1, 0.15) is 11.1 Å². The third-order valence-corrected chi connectivity index (χ3v) is 7.89. The van der Waals surface area contributed by atoms with Crippen LogP contribution in [-0.2, 0) is 19.6 Å². The van der Waals surface area contributed by atoms with E-state index in [0.717, 1.165) is 10.8 Å². The summed E-state index contributed by atoms with van der Waals surface area (Å²) in [4.78, 5) is 31.9. The minimum Gasteiger partial charge on any atom is -0.444 e. The Bertz CT molecular complexity index is 1160. The Morgan fingerprint density at radius 1 is 1.15 bits per heavy atom. The molecule has 2 aromatic rings. The first-order chi connectivity index (χ1) is 15.9. The van der Waals surface area contributed by atoms with Crippen LogP contribution in [0.5, 0.6) is 0 Å². The summed E-state index contributed by atoms with van der Waals surface area (Å²) in [5.74, 6) is -0.320. The molecule has 9 nitrogen and oxygen atoms in total. The standard InChI is InChI=1S/C24H34N4O5S/c1-23(2,3)33-22(30)27-12-6-7-13-28(24(4,17-27)21(29)16-25-5)34(31,32)20-9-8-19-15-26-11-10-18(19)14-20/h8-11,14-15,25H,6-7,12-13,16-17H2,1-5H3/t24-/m1/s1. The molecule has 0 radical (unpaired) electrons. The Kier molecular flexibility index (Phi) is 7.64. The van der Waals surface area contributed by atoms with Crippen molar-refractivity contribution in [3.05, 3.63) is 36.7 Å². The molecule has 10 heteroatoms. The molecule has 3 rings (SSSR count). The third-order valence-electron chi connectivity index (χ3n) is 5.88. The van der Waals surface area contributed by atoms with E-state index in [-0.39, 0.29) is 30.3 Å². The van der Waals surface area contributed by atoms with Crippen LogP contribution in [0.3, 0.4) is 0 Å². The Labute approximate surface area is 201 Å². The molecule has 1 aromatic heterocycles. The number of pyridine rings is 1. The highest BCUT2D eigenvalue weighted by Gasteiger charge is 2.48. The van der Waals surface area contributed by atoms with E-state index >= 15 is 0 Å². The van der Waals surface area contributed by atoms with Crippen LogP contribution in [0.1, 0.15) is 40.5 Å². The van der Waals surface area contributed by atoms with Crippen LogP contribution in [-0.4, -0.2) is 78.9 Å². The van der Waals surface area contributed by atoms with E-state index in [1.807, 2.05) is 0 Å². The van der Waals surface area contributed by atoms with Crippen molar-refractivity contribution in [1.82, 2.24) is 19.5 Å². The SMILES string of the molecule is CNCC(=O)[C@@]1(C)CN(C(=O)OC(C)(C)C)CCCCN1S(=O)(=O)c1ccc2cnccc2c1. The minimum absolute atomic E-state index is 0.0337. The van der Waals surface area contributed by atoms with Gasteiger partial charge in [-0.1, -0.05) is 6.07 Å². The number of likely N-dealkylation sites (N-methyl/N-ethyl adjacent to an activating group) is 1. The first kappa shape index (κ1) is 26.1. The topological polar surface area (TPSA) is 109 Å². The minimum atomic E-state index is -4.06. The predicted octanol–water partition coefficient (Wildman–Crippen LogP) is 2.80. The number of hydrogen-bond donors (Lipinski definition) is 1. The molecule has 1 fully saturated rings. The second kappa shape index (κ2) is 9.97. The Morgan fingerprint density at radius 2 is 1.85 bits per heavy atom. The second-order valence-electron chi connectivity index (χ2n) is 9.80. The molecule has 1 saturated heterocycles. The molecular formula is C24H34N4O5S. The van der Waals surface area contributed by atoms with Crippen molar-refractivity contribution in [1.29, 1.82) is 0 Å². The van der Waals surface area contributed by atoms with E-state index < -0.39 is 27.3 Å². The van der Waals surface area contributed by atoms with Crippen LogP contribution in [0, 0.1) is 0 Å². The molecular weight excluding hydrogens is 456 g/mol. The molecule has 1 N–H and O–H groups in total. The maximum Gasteiger partial charge on any atom is 0.410 e. The smallest absolute Gasteiger partial charge is 0.410 e. The number of carbonyl (C=O) groups is 2. The fraction of sp³-hybridized carbons (Fsp3) is 0.542. The van der Waals surface area contributed by atoms with Crippen LogP contribution in [0.15, 0.2) is 41.6 Å². The quantitative estimate of drug-likeness (QED) is 0.686. The van der Waals surface area contributed by atoms with Crippen molar-refractivity contribution in [2.75, 3.05) is 33.2 Å². The summed E-state index contributed by atoms with van der Waals surface area (Å²) in [7, 11) is -2.43. The van der Waals surface area contributed by atoms with Crippen LogP contribution >= 0.6 is 0 Å². The van der Waals surface area contributed by atoms with Gasteiger partial charge in [-0.05, 0) is 71.2 Å². The summed E-state index contributed by atoms with van der Waals surface area (Å²) in [5, 5.41) is 4.39. The fourth-order valence-corrected chi connectivity index (χ4v) is 5.96. The van der Waals surface area contributed by atoms with Gasteiger partial charge in [-0.15, -0.1) is 0 Å². The van der Waals surface area contributed by atoms with E-state index in [4.69, 9.17) is 4.74 Å². The summed E-state index contributed by atoms with van der Waals surface area (Å²) >= 11 is 0. The van der Waals surface area contributed by atoms with Gasteiger partial charge < -0.3 is 15.0 Å². The first-order valence-electron chi connectivity index (χ1n) is 11.4. The van der Waals surface area contributed by atoms with Crippen LogP contribution in [0.4, 0.5) is 4.79 Å². The number of nitrogens with zero attached hydrogens (tertiary/aromatic N) is 3. The summed E-state index contributed by atoms with van der Waals surface area (Å²) < 4.78 is 34.7. The van der Waals surface area contributed by atoms with E-state index in [2.05, 4.69) is 10.3 Å². The monoisotopic (exact) mass is 490 g/mol. The summed E-state index contributed by atoms with van der Waals surface area (Å²) in [6.45, 7) is 7.33. The number of Topliss-reactive ketones (excluding diaryl/α,β-unsaturated/α-hetero) is 1. The lowest BCUT2D eigenvalue weighted by molar-refractivity contribution is -0.128. The Morgan fingerprint density at radius 3 is 2.53 bits per heavy atom. The molecule has 1 amide bonds. The number of carbonyl (C=O) groups excluding carboxylic acids is 2. The largest absolute Gasteiger partial charge is 0.444 e. The van der Waals surface area contributed by atoms with Crippen molar-refractivity contribution in [3.63, 3.8) is 0 Å². The Balaban J connectivity index is 2.06. The molecule has 1 atom stereocenters. The third kappa shape index (κ3) is 5.56. The van der Waals surface area contributed by atoms with Crippen molar-refractivity contribution in [2.24, 2.45) is 0 Å². The van der Waals surface area contributed by atoms with Gasteiger partial charge in [-0.2, -0.15) is 4.31 Å². The van der Waals surface area contributed by atoms with Crippen molar-refractivity contribution >= 4 is 32.7 Å². The molecule has 2 heterocycles. The lowest BCUT2D eigenvalue weighted by atomic mass is 9.93. The molecule has 34 heavy (non-hydrogen) atoms. The number of nitrogens with one attached hydrogen (secondary N) is 1. The number of rotatable bonds is 5.